The third-order valence-corrected chi connectivity index (χ3v) is 22.2. The SMILES string of the molecule is CC/C=C\C/C=C\C/C=C\C/C=C\C/C=C\C/C=C\CCCCCCCCCCCCCCCCCCC(=O)OCC(O)COP(=O)(O)OCC(O)COP(=O)(O)OCC(COC(=O)CCCCCCCCCCCCC/C=C\C/C=C\C/C=C\C/C=C\C/C=C\CC)OC(=O)CCCCCCCCCCC/C=C\C/C=C\C/C=C\C/C=C\C/C=C\CC. The van der Waals surface area contributed by atoms with E-state index < -0.39 is 91.5 Å². The van der Waals surface area contributed by atoms with Gasteiger partial charge in [0.25, 0.3) is 0 Å². The Kier molecular flexibility index (Phi) is 91.1. The molecule has 0 aliphatic rings. The molecule has 16 nitrogen and oxygen atoms in total. The molecule has 0 fully saturated rings. The Bertz CT molecular complexity index is 3020. The molecule has 0 aliphatic heterocycles. The van der Waals surface area contributed by atoms with Gasteiger partial charge in [0.1, 0.15) is 25.4 Å². The van der Waals surface area contributed by atoms with Crippen molar-refractivity contribution in [1.29, 1.82) is 0 Å². The van der Waals surface area contributed by atoms with Crippen molar-refractivity contribution in [3.63, 3.8) is 0 Å². The molecule has 0 amide bonds. The molecule has 0 rings (SSSR count). The van der Waals surface area contributed by atoms with Crippen LogP contribution in [0, 0.1) is 0 Å². The number of allylic oxidation sites excluding steroid dienone is 32. The quantitative estimate of drug-likeness (QED) is 0.0146. The molecule has 0 aromatic rings. The average Bonchev–Trinajstić information content (AvgIpc) is 0.898. The van der Waals surface area contributed by atoms with E-state index in [0.29, 0.717) is 19.3 Å². The topological polar surface area (TPSA) is 231 Å². The van der Waals surface area contributed by atoms with Crippen molar-refractivity contribution in [3.05, 3.63) is 194 Å². The van der Waals surface area contributed by atoms with Crippen LogP contribution >= 0.6 is 15.6 Å². The van der Waals surface area contributed by atoms with Gasteiger partial charge in [-0.3, -0.25) is 32.5 Å². The van der Waals surface area contributed by atoms with Crippen LogP contribution in [-0.2, 0) is 55.8 Å². The zero-order chi connectivity index (χ0) is 89.3. The van der Waals surface area contributed by atoms with E-state index in [-0.39, 0.29) is 19.3 Å². The molecule has 0 saturated carbocycles. The molecule has 702 valence electrons. The summed E-state index contributed by atoms with van der Waals surface area (Å²) in [6.07, 6.45) is 128. The van der Waals surface area contributed by atoms with Gasteiger partial charge in [0.05, 0.1) is 26.4 Å². The van der Waals surface area contributed by atoms with Gasteiger partial charge in [-0.25, -0.2) is 9.13 Å². The van der Waals surface area contributed by atoms with E-state index in [2.05, 4.69) is 215 Å². The minimum absolute atomic E-state index is 0.0911. The number of carbonyl (C=O) groups is 3. The second-order valence-electron chi connectivity index (χ2n) is 32.1. The van der Waals surface area contributed by atoms with E-state index in [0.717, 1.165) is 186 Å². The van der Waals surface area contributed by atoms with E-state index in [4.69, 9.17) is 32.3 Å². The monoisotopic (exact) mass is 1760 g/mol. The summed E-state index contributed by atoms with van der Waals surface area (Å²) in [4.78, 5) is 59.1. The summed E-state index contributed by atoms with van der Waals surface area (Å²) < 4.78 is 61.6. The number of esters is 3. The lowest BCUT2D eigenvalue weighted by molar-refractivity contribution is -0.161. The first-order valence-corrected chi connectivity index (χ1v) is 51.7. The third kappa shape index (κ3) is 96.9. The Morgan fingerprint density at radius 3 is 0.642 bits per heavy atom. The highest BCUT2D eigenvalue weighted by molar-refractivity contribution is 7.47. The lowest BCUT2D eigenvalue weighted by atomic mass is 10.0. The molecule has 0 spiro atoms. The molecule has 0 aromatic carbocycles. The van der Waals surface area contributed by atoms with Crippen LogP contribution in [0.3, 0.4) is 0 Å². The molecule has 5 atom stereocenters. The smallest absolute Gasteiger partial charge is 0.463 e. The van der Waals surface area contributed by atoms with Gasteiger partial charge < -0.3 is 34.2 Å². The molecule has 18 heteroatoms. The fourth-order valence-corrected chi connectivity index (χ4v) is 14.6. The Balaban J connectivity index is 4.59. The van der Waals surface area contributed by atoms with Gasteiger partial charge in [-0.15, -0.1) is 0 Å². The number of aliphatic hydroxyl groups is 2. The molecule has 4 N–H and O–H groups in total. The van der Waals surface area contributed by atoms with Crippen molar-refractivity contribution in [2.24, 2.45) is 0 Å². The fraction of sp³-hybridized carbons (Fsp3) is 0.667. The maximum atomic E-state index is 13.1. The predicted octanol–water partition coefficient (Wildman–Crippen LogP) is 30.6. The number of rotatable bonds is 91. The molecular weight excluding hydrogens is 1580 g/mol. The highest BCUT2D eigenvalue weighted by Crippen LogP contribution is 2.45. The van der Waals surface area contributed by atoms with Crippen LogP contribution < -0.4 is 0 Å². The zero-order valence-electron chi connectivity index (χ0n) is 77.5. The van der Waals surface area contributed by atoms with Gasteiger partial charge in [0.2, 0.25) is 0 Å². The van der Waals surface area contributed by atoms with E-state index in [9.17, 15) is 43.5 Å². The Morgan fingerprint density at radius 1 is 0.228 bits per heavy atom. The minimum Gasteiger partial charge on any atom is -0.463 e. The van der Waals surface area contributed by atoms with Crippen molar-refractivity contribution in [3.8, 4) is 0 Å². The number of hydrogen-bond donors (Lipinski definition) is 4. The number of ether oxygens (including phenoxy) is 3. The van der Waals surface area contributed by atoms with E-state index in [1.165, 1.54) is 148 Å². The van der Waals surface area contributed by atoms with Gasteiger partial charge >= 0.3 is 33.6 Å². The van der Waals surface area contributed by atoms with Crippen LogP contribution in [0.25, 0.3) is 0 Å². The normalized spacial score (nSPS) is 14.6. The number of phosphoric ester groups is 2. The molecule has 123 heavy (non-hydrogen) atoms. The lowest BCUT2D eigenvalue weighted by Gasteiger charge is -2.21. The minimum atomic E-state index is -4.95. The zero-order valence-corrected chi connectivity index (χ0v) is 79.3. The van der Waals surface area contributed by atoms with Crippen molar-refractivity contribution in [1.82, 2.24) is 0 Å². The van der Waals surface area contributed by atoms with Crippen molar-refractivity contribution < 1.29 is 75.8 Å². The second kappa shape index (κ2) is 95.5. The summed E-state index contributed by atoms with van der Waals surface area (Å²) in [7, 11) is -9.82. The predicted molar refractivity (Wildman–Crippen MR) is 518 cm³/mol. The van der Waals surface area contributed by atoms with Crippen LogP contribution in [0.1, 0.15) is 393 Å². The van der Waals surface area contributed by atoms with Crippen LogP contribution in [-0.4, -0.2) is 95.9 Å². The summed E-state index contributed by atoms with van der Waals surface area (Å²) in [6, 6.07) is 0. The number of carbonyl (C=O) groups excluding carboxylic acids is 3. The van der Waals surface area contributed by atoms with Gasteiger partial charge in [-0.05, 0) is 161 Å². The van der Waals surface area contributed by atoms with Gasteiger partial charge in [0.15, 0.2) is 6.10 Å². The van der Waals surface area contributed by atoms with Gasteiger partial charge in [-0.2, -0.15) is 0 Å². The van der Waals surface area contributed by atoms with E-state index in [1.54, 1.807) is 0 Å². The Morgan fingerprint density at radius 2 is 0.407 bits per heavy atom. The van der Waals surface area contributed by atoms with Gasteiger partial charge in [-0.1, -0.05) is 408 Å². The number of hydrogen-bond acceptors (Lipinski definition) is 14. The maximum absolute atomic E-state index is 13.1. The maximum Gasteiger partial charge on any atom is 0.472 e. The lowest BCUT2D eigenvalue weighted by Crippen LogP contribution is -2.30. The average molecular weight is 1760 g/mol. The first kappa shape index (κ1) is 117. The molecule has 0 radical (unpaired) electrons. The molecule has 5 unspecified atom stereocenters. The molecular formula is C105H176O16P2. The van der Waals surface area contributed by atoms with Crippen LogP contribution in [0.4, 0.5) is 0 Å². The highest BCUT2D eigenvalue weighted by Gasteiger charge is 2.30. The fourth-order valence-electron chi connectivity index (χ4n) is 13.0. The number of aliphatic hydroxyl groups excluding tert-OH is 2. The van der Waals surface area contributed by atoms with Crippen molar-refractivity contribution in [2.45, 2.75) is 411 Å². The first-order valence-electron chi connectivity index (χ1n) is 48.7. The largest absolute Gasteiger partial charge is 0.472 e. The second-order valence-corrected chi connectivity index (χ2v) is 35.0. The summed E-state index contributed by atoms with van der Waals surface area (Å²) in [5, 5.41) is 20.8. The van der Waals surface area contributed by atoms with E-state index >= 15 is 0 Å². The Labute approximate surface area is 750 Å². The van der Waals surface area contributed by atoms with Crippen LogP contribution in [0.2, 0.25) is 0 Å². The summed E-state index contributed by atoms with van der Waals surface area (Å²) in [5.74, 6) is -1.58. The summed E-state index contributed by atoms with van der Waals surface area (Å²) >= 11 is 0. The number of unbranched alkanes of at least 4 members (excludes halogenated alkanes) is 36. The molecule has 0 saturated heterocycles. The first-order chi connectivity index (χ1) is 60.2. The standard InChI is InChI=1S/C105H176O16P2/c1-4-7-10-13-16-19-22-25-28-31-34-37-40-43-45-46-47-48-49-50-51-52-54-57-58-61-64-67-70-73-76-79-82-85-88-91-103(108)115-94-100(106)95-117-122(111,112)118-96-101(107)97-119-123(113,114)120-99-102(121-105(110)93-90-87-84-81-78-75-72-69-66-63-60-55-42-39-36-33-30-27-24-21-18-15-12-9-6-3)98-116-104(109)92-89-86-83-80-77-74-71-68-65-62-59-56-53-44-41-38-35-32-29-26-23-20-17-14-11-8-5-2/h7-12,16-21,25-30,34-39,43-45,47-48,53,55,60,100-102,106-107H,4-6,13-15,22-24,31-33,40-42,46,49-52,54,56-59,61-99H2,1-3H3,(H,111,112)(H,113,114)/b10-7-,11-8-,12-9-,19-16-,20-17-,21-18-,28-25-,29-26-,30-27-,37-34-,38-35-,39-36-,45-43-,48-47-,53-44-,60-55-. The molecule has 0 bridgehead atoms. The summed E-state index contributed by atoms with van der Waals surface area (Å²) in [5.41, 5.74) is 0. The summed E-state index contributed by atoms with van der Waals surface area (Å²) in [6.45, 7) is 2.38. The Hall–Kier alpha value is -5.61. The van der Waals surface area contributed by atoms with Crippen molar-refractivity contribution in [2.75, 3.05) is 39.6 Å². The van der Waals surface area contributed by atoms with Crippen LogP contribution in [0.5, 0.6) is 0 Å². The van der Waals surface area contributed by atoms with E-state index in [1.807, 2.05) is 0 Å². The molecule has 0 aromatic heterocycles. The highest BCUT2D eigenvalue weighted by atomic mass is 31.2. The molecule has 0 heterocycles. The van der Waals surface area contributed by atoms with Gasteiger partial charge in [0, 0.05) is 19.3 Å². The van der Waals surface area contributed by atoms with Crippen LogP contribution in [0.15, 0.2) is 194 Å². The van der Waals surface area contributed by atoms with Crippen molar-refractivity contribution >= 4 is 33.6 Å². The molecule has 0 aliphatic carbocycles. The number of phosphoric acid groups is 2. The third-order valence-electron chi connectivity index (χ3n) is 20.3.